The Labute approximate surface area is 129 Å². The predicted molar refractivity (Wildman–Crippen MR) is 87.0 cm³/mol. The molecule has 2 nitrogen and oxygen atoms in total. The number of benzene rings is 2. The van der Waals surface area contributed by atoms with Crippen molar-refractivity contribution in [1.82, 2.24) is 0 Å². The second kappa shape index (κ2) is 6.42. The molecule has 1 atom stereocenters. The number of rotatable bonds is 4. The van der Waals surface area contributed by atoms with Gasteiger partial charge in [0.25, 0.3) is 0 Å². The van der Waals surface area contributed by atoms with Crippen molar-refractivity contribution in [3.05, 3.63) is 63.1 Å². The predicted octanol–water partition coefficient (Wildman–Crippen LogP) is 4.66. The molecule has 2 aromatic rings. The largest absolute Gasteiger partial charge is 0.489 e. The van der Waals surface area contributed by atoms with Crippen molar-refractivity contribution in [2.45, 2.75) is 33.4 Å². The lowest BCUT2D eigenvalue weighted by atomic mass is 10.1. The molecule has 2 N–H and O–H groups in total. The third-order valence-corrected chi connectivity index (χ3v) is 3.64. The van der Waals surface area contributed by atoms with Crippen LogP contribution in [-0.2, 0) is 6.61 Å². The highest BCUT2D eigenvalue weighted by molar-refractivity contribution is 9.10. The zero-order valence-electron chi connectivity index (χ0n) is 12.1. The lowest BCUT2D eigenvalue weighted by molar-refractivity contribution is 0.301. The van der Waals surface area contributed by atoms with Crippen molar-refractivity contribution in [1.29, 1.82) is 0 Å². The van der Waals surface area contributed by atoms with E-state index >= 15 is 0 Å². The van der Waals surface area contributed by atoms with Crippen LogP contribution in [0.5, 0.6) is 5.75 Å². The Morgan fingerprint density at radius 3 is 2.35 bits per heavy atom. The van der Waals surface area contributed by atoms with Crippen molar-refractivity contribution >= 4 is 15.9 Å². The Balaban J connectivity index is 2.20. The molecule has 0 fully saturated rings. The second-order valence-electron chi connectivity index (χ2n) is 5.26. The van der Waals surface area contributed by atoms with Gasteiger partial charge in [0.1, 0.15) is 12.4 Å². The average Bonchev–Trinajstić information content (AvgIpc) is 2.35. The highest BCUT2D eigenvalue weighted by atomic mass is 79.9. The molecule has 2 rings (SSSR count). The van der Waals surface area contributed by atoms with Crippen LogP contribution in [0.25, 0.3) is 0 Å². The van der Waals surface area contributed by atoms with E-state index in [1.807, 2.05) is 25.1 Å². The van der Waals surface area contributed by atoms with Gasteiger partial charge >= 0.3 is 0 Å². The van der Waals surface area contributed by atoms with Crippen LogP contribution in [0.4, 0.5) is 0 Å². The molecule has 0 aliphatic rings. The summed E-state index contributed by atoms with van der Waals surface area (Å²) in [6.45, 7) is 6.72. The Morgan fingerprint density at radius 2 is 1.75 bits per heavy atom. The maximum Gasteiger partial charge on any atom is 0.125 e. The van der Waals surface area contributed by atoms with E-state index < -0.39 is 0 Å². The molecule has 0 spiro atoms. The number of aryl methyl sites for hydroxylation is 2. The average molecular weight is 334 g/mol. The first-order chi connectivity index (χ1) is 9.45. The van der Waals surface area contributed by atoms with E-state index in [1.165, 1.54) is 16.7 Å². The van der Waals surface area contributed by atoms with Crippen LogP contribution in [0.15, 0.2) is 40.9 Å². The molecule has 0 amide bonds. The van der Waals surface area contributed by atoms with E-state index in [-0.39, 0.29) is 6.04 Å². The van der Waals surface area contributed by atoms with Crippen LogP contribution in [-0.4, -0.2) is 0 Å². The van der Waals surface area contributed by atoms with Gasteiger partial charge in [0.15, 0.2) is 0 Å². The van der Waals surface area contributed by atoms with E-state index in [0.717, 1.165) is 15.8 Å². The molecule has 0 aliphatic carbocycles. The molecule has 0 unspecified atom stereocenters. The number of hydrogen-bond donors (Lipinski definition) is 1. The van der Waals surface area contributed by atoms with Crippen LogP contribution in [0.1, 0.15) is 35.2 Å². The molecule has 0 saturated heterocycles. The maximum absolute atomic E-state index is 5.99. The van der Waals surface area contributed by atoms with Gasteiger partial charge in [-0.2, -0.15) is 0 Å². The quantitative estimate of drug-likeness (QED) is 0.882. The Kier molecular flexibility index (Phi) is 4.84. The van der Waals surface area contributed by atoms with Crippen molar-refractivity contribution in [2.24, 2.45) is 5.73 Å². The summed E-state index contributed by atoms with van der Waals surface area (Å²) in [5.74, 6) is 0.841. The van der Waals surface area contributed by atoms with Gasteiger partial charge in [0, 0.05) is 16.1 Å². The number of halogens is 1. The fraction of sp³-hybridized carbons (Fsp3) is 0.294. The van der Waals surface area contributed by atoms with Gasteiger partial charge in [-0.05, 0) is 38.5 Å². The molecule has 2 aromatic carbocycles. The van der Waals surface area contributed by atoms with Crippen LogP contribution in [0.2, 0.25) is 0 Å². The number of hydrogen-bond acceptors (Lipinski definition) is 2. The minimum absolute atomic E-state index is 0.0441. The smallest absolute Gasteiger partial charge is 0.125 e. The van der Waals surface area contributed by atoms with Crippen molar-refractivity contribution in [3.8, 4) is 5.75 Å². The lowest BCUT2D eigenvalue weighted by Crippen LogP contribution is -2.08. The topological polar surface area (TPSA) is 35.2 Å². The van der Waals surface area contributed by atoms with Crippen LogP contribution in [0.3, 0.4) is 0 Å². The molecular weight excluding hydrogens is 314 g/mol. The fourth-order valence-corrected chi connectivity index (χ4v) is 2.66. The Bertz CT molecular complexity index is 588. The SMILES string of the molecule is Cc1cc(C)cc(COc2cc(Br)ccc2[C@H](C)N)c1. The fourth-order valence-electron chi connectivity index (χ4n) is 2.32. The van der Waals surface area contributed by atoms with Crippen molar-refractivity contribution in [2.75, 3.05) is 0 Å². The molecule has 0 aliphatic heterocycles. The lowest BCUT2D eigenvalue weighted by Gasteiger charge is -2.15. The molecule has 0 aromatic heterocycles. The summed E-state index contributed by atoms with van der Waals surface area (Å²) in [5.41, 5.74) is 10.7. The molecule has 3 heteroatoms. The third kappa shape index (κ3) is 3.84. The van der Waals surface area contributed by atoms with E-state index in [2.05, 4.69) is 48.0 Å². The van der Waals surface area contributed by atoms with Gasteiger partial charge in [-0.15, -0.1) is 0 Å². The number of ether oxygens (including phenoxy) is 1. The summed E-state index contributed by atoms with van der Waals surface area (Å²) >= 11 is 3.47. The van der Waals surface area contributed by atoms with E-state index in [4.69, 9.17) is 10.5 Å². The molecule has 0 heterocycles. The molecule has 0 radical (unpaired) electrons. The monoisotopic (exact) mass is 333 g/mol. The summed E-state index contributed by atoms with van der Waals surface area (Å²) in [7, 11) is 0. The van der Waals surface area contributed by atoms with Crippen LogP contribution in [0, 0.1) is 13.8 Å². The summed E-state index contributed by atoms with van der Waals surface area (Å²) in [6, 6.07) is 12.4. The molecule has 106 valence electrons. The summed E-state index contributed by atoms with van der Waals surface area (Å²) in [6.07, 6.45) is 0. The standard InChI is InChI=1S/C17H20BrNO/c1-11-6-12(2)8-14(7-11)10-20-17-9-15(18)4-5-16(17)13(3)19/h4-9,13H,10,19H2,1-3H3/t13-/m0/s1. The molecular formula is C17H20BrNO. The van der Waals surface area contributed by atoms with E-state index in [0.29, 0.717) is 6.61 Å². The second-order valence-corrected chi connectivity index (χ2v) is 6.17. The minimum atomic E-state index is -0.0441. The summed E-state index contributed by atoms with van der Waals surface area (Å²) in [4.78, 5) is 0. The maximum atomic E-state index is 5.99. The van der Waals surface area contributed by atoms with Gasteiger partial charge in [-0.3, -0.25) is 0 Å². The van der Waals surface area contributed by atoms with E-state index in [9.17, 15) is 0 Å². The highest BCUT2D eigenvalue weighted by Gasteiger charge is 2.09. The van der Waals surface area contributed by atoms with Crippen molar-refractivity contribution < 1.29 is 4.74 Å². The Hall–Kier alpha value is -1.32. The van der Waals surface area contributed by atoms with Crippen LogP contribution < -0.4 is 10.5 Å². The van der Waals surface area contributed by atoms with Gasteiger partial charge in [-0.1, -0.05) is 51.3 Å². The molecule has 0 bridgehead atoms. The summed E-state index contributed by atoms with van der Waals surface area (Å²) < 4.78 is 6.96. The summed E-state index contributed by atoms with van der Waals surface area (Å²) in [5, 5.41) is 0. The zero-order chi connectivity index (χ0) is 14.7. The molecule has 0 saturated carbocycles. The normalized spacial score (nSPS) is 12.2. The van der Waals surface area contributed by atoms with Gasteiger partial charge in [0.2, 0.25) is 0 Å². The first kappa shape index (κ1) is 15.1. The minimum Gasteiger partial charge on any atom is -0.489 e. The molecule has 20 heavy (non-hydrogen) atoms. The van der Waals surface area contributed by atoms with E-state index in [1.54, 1.807) is 0 Å². The van der Waals surface area contributed by atoms with Crippen molar-refractivity contribution in [3.63, 3.8) is 0 Å². The first-order valence-electron chi connectivity index (χ1n) is 6.70. The van der Waals surface area contributed by atoms with Gasteiger partial charge < -0.3 is 10.5 Å². The van der Waals surface area contributed by atoms with Gasteiger partial charge in [-0.25, -0.2) is 0 Å². The number of nitrogens with two attached hydrogens (primary N) is 1. The van der Waals surface area contributed by atoms with Crippen LogP contribution >= 0.6 is 15.9 Å². The third-order valence-electron chi connectivity index (χ3n) is 3.14. The van der Waals surface area contributed by atoms with Gasteiger partial charge in [0.05, 0.1) is 0 Å². The zero-order valence-corrected chi connectivity index (χ0v) is 13.7. The first-order valence-corrected chi connectivity index (χ1v) is 7.50. The Morgan fingerprint density at radius 1 is 1.10 bits per heavy atom. The highest BCUT2D eigenvalue weighted by Crippen LogP contribution is 2.28.